The number of carbonyl (C=O) groups is 2. The average molecular weight is 275 g/mol. The van der Waals surface area contributed by atoms with E-state index in [9.17, 15) is 9.59 Å². The zero-order valence-corrected chi connectivity index (χ0v) is 12.1. The van der Waals surface area contributed by atoms with Gasteiger partial charge in [0.15, 0.2) is 0 Å². The van der Waals surface area contributed by atoms with E-state index >= 15 is 0 Å². The first-order valence-corrected chi connectivity index (χ1v) is 6.90. The highest BCUT2D eigenvalue weighted by molar-refractivity contribution is 5.76. The minimum atomic E-state index is -0.0613. The molecule has 1 N–H and O–H groups in total. The zero-order chi connectivity index (χ0) is 14.5. The van der Waals surface area contributed by atoms with Crippen LogP contribution < -0.4 is 5.32 Å². The van der Waals surface area contributed by atoms with Crippen molar-refractivity contribution in [1.82, 2.24) is 15.1 Å². The second kappa shape index (κ2) is 6.41. The van der Waals surface area contributed by atoms with Gasteiger partial charge in [0.05, 0.1) is 0 Å². The molecule has 1 aliphatic heterocycles. The summed E-state index contributed by atoms with van der Waals surface area (Å²) in [6, 6.07) is 8.04. The van der Waals surface area contributed by atoms with Crippen LogP contribution in [-0.4, -0.2) is 47.9 Å². The van der Waals surface area contributed by atoms with E-state index in [0.717, 1.165) is 5.56 Å². The Balaban J connectivity index is 1.78. The van der Waals surface area contributed by atoms with Gasteiger partial charge in [-0.1, -0.05) is 29.8 Å². The number of aryl methyl sites for hydroxylation is 1. The second-order valence-electron chi connectivity index (χ2n) is 5.14. The molecule has 2 rings (SSSR count). The lowest BCUT2D eigenvalue weighted by Crippen LogP contribution is -2.52. The number of carbonyl (C=O) groups excluding carboxylic acids is 2. The Hall–Kier alpha value is -2.04. The van der Waals surface area contributed by atoms with Crippen LogP contribution in [0.15, 0.2) is 24.3 Å². The molecule has 0 spiro atoms. The zero-order valence-electron chi connectivity index (χ0n) is 12.1. The molecule has 1 fully saturated rings. The minimum absolute atomic E-state index is 0.0613. The Morgan fingerprint density at radius 2 is 1.60 bits per heavy atom. The summed E-state index contributed by atoms with van der Waals surface area (Å²) in [4.78, 5) is 26.8. The van der Waals surface area contributed by atoms with Crippen LogP contribution in [0.5, 0.6) is 0 Å². The molecule has 1 aliphatic rings. The number of hydrogen-bond donors (Lipinski definition) is 1. The molecule has 0 unspecified atom stereocenters. The maximum absolute atomic E-state index is 12.0. The number of urea groups is 1. The van der Waals surface area contributed by atoms with Crippen molar-refractivity contribution in [2.24, 2.45) is 0 Å². The number of nitrogens with zero attached hydrogens (tertiary/aromatic N) is 2. The van der Waals surface area contributed by atoms with E-state index < -0.39 is 0 Å². The molecule has 0 bridgehead atoms. The first-order valence-electron chi connectivity index (χ1n) is 6.90. The Morgan fingerprint density at radius 1 is 1.05 bits per heavy atom. The van der Waals surface area contributed by atoms with Gasteiger partial charge in [-0.25, -0.2) is 4.79 Å². The van der Waals surface area contributed by atoms with Crippen LogP contribution in [0.25, 0.3) is 0 Å². The normalized spacial score (nSPS) is 15.1. The molecule has 5 nitrogen and oxygen atoms in total. The van der Waals surface area contributed by atoms with Crippen molar-refractivity contribution in [2.75, 3.05) is 26.2 Å². The molecule has 1 aromatic carbocycles. The maximum atomic E-state index is 12.0. The molecular weight excluding hydrogens is 254 g/mol. The van der Waals surface area contributed by atoms with Gasteiger partial charge in [0, 0.05) is 39.6 Å². The fourth-order valence-corrected chi connectivity index (χ4v) is 2.22. The van der Waals surface area contributed by atoms with E-state index in [4.69, 9.17) is 0 Å². The maximum Gasteiger partial charge on any atom is 0.317 e. The van der Waals surface area contributed by atoms with Gasteiger partial charge < -0.3 is 15.1 Å². The third-order valence-corrected chi connectivity index (χ3v) is 3.58. The first kappa shape index (κ1) is 14.4. The van der Waals surface area contributed by atoms with Crippen molar-refractivity contribution >= 4 is 11.9 Å². The summed E-state index contributed by atoms with van der Waals surface area (Å²) in [6.45, 7) is 6.56. The van der Waals surface area contributed by atoms with Crippen LogP contribution in [0.2, 0.25) is 0 Å². The Kier molecular flexibility index (Phi) is 4.61. The number of piperazine rings is 1. The summed E-state index contributed by atoms with van der Waals surface area (Å²) in [6.07, 6.45) is 0. The third-order valence-electron chi connectivity index (χ3n) is 3.58. The van der Waals surface area contributed by atoms with Gasteiger partial charge >= 0.3 is 6.03 Å². The van der Waals surface area contributed by atoms with E-state index in [1.807, 2.05) is 31.2 Å². The first-order chi connectivity index (χ1) is 9.56. The summed E-state index contributed by atoms with van der Waals surface area (Å²) >= 11 is 0. The number of benzene rings is 1. The summed E-state index contributed by atoms with van der Waals surface area (Å²) in [7, 11) is 0. The second-order valence-corrected chi connectivity index (χ2v) is 5.14. The number of nitrogens with one attached hydrogen (secondary N) is 1. The molecular formula is C15H21N3O2. The molecule has 3 amide bonds. The van der Waals surface area contributed by atoms with Crippen LogP contribution >= 0.6 is 0 Å². The van der Waals surface area contributed by atoms with Gasteiger partial charge in [-0.3, -0.25) is 4.79 Å². The number of amides is 3. The molecule has 5 heteroatoms. The quantitative estimate of drug-likeness (QED) is 0.886. The summed E-state index contributed by atoms with van der Waals surface area (Å²) < 4.78 is 0. The molecule has 0 saturated carbocycles. The van der Waals surface area contributed by atoms with Crippen molar-refractivity contribution in [1.29, 1.82) is 0 Å². The molecule has 0 aliphatic carbocycles. The predicted molar refractivity (Wildman–Crippen MR) is 77.2 cm³/mol. The highest BCUT2D eigenvalue weighted by atomic mass is 16.2. The van der Waals surface area contributed by atoms with E-state index in [-0.39, 0.29) is 11.9 Å². The predicted octanol–water partition coefficient (Wildman–Crippen LogP) is 1.37. The van der Waals surface area contributed by atoms with Gasteiger partial charge in [0.2, 0.25) is 5.91 Å². The van der Waals surface area contributed by atoms with Crippen LogP contribution in [-0.2, 0) is 11.3 Å². The van der Waals surface area contributed by atoms with E-state index in [1.54, 1.807) is 16.7 Å². The Morgan fingerprint density at radius 3 is 2.15 bits per heavy atom. The van der Waals surface area contributed by atoms with Gasteiger partial charge in [-0.15, -0.1) is 0 Å². The average Bonchev–Trinajstić information content (AvgIpc) is 2.46. The lowest BCUT2D eigenvalue weighted by molar-refractivity contribution is -0.130. The van der Waals surface area contributed by atoms with Gasteiger partial charge in [-0.05, 0) is 12.5 Å². The largest absolute Gasteiger partial charge is 0.339 e. The summed E-state index contributed by atoms with van der Waals surface area (Å²) in [5, 5.41) is 2.92. The minimum Gasteiger partial charge on any atom is -0.339 e. The van der Waals surface area contributed by atoms with Gasteiger partial charge in [-0.2, -0.15) is 0 Å². The van der Waals surface area contributed by atoms with E-state index in [1.165, 1.54) is 5.56 Å². The molecule has 0 atom stereocenters. The molecule has 0 aromatic heterocycles. The Bertz CT molecular complexity index is 476. The van der Waals surface area contributed by atoms with Crippen LogP contribution in [0.3, 0.4) is 0 Å². The molecule has 0 radical (unpaired) electrons. The standard InChI is InChI=1S/C15H21N3O2/c1-12-3-5-14(6-4-12)11-16-15(20)18-9-7-17(8-10-18)13(2)19/h3-6H,7-11H2,1-2H3,(H,16,20). The fraction of sp³-hybridized carbons (Fsp3) is 0.467. The summed E-state index contributed by atoms with van der Waals surface area (Å²) in [5.41, 5.74) is 2.30. The van der Waals surface area contributed by atoms with Crippen molar-refractivity contribution < 1.29 is 9.59 Å². The highest BCUT2D eigenvalue weighted by Gasteiger charge is 2.21. The fourth-order valence-electron chi connectivity index (χ4n) is 2.22. The highest BCUT2D eigenvalue weighted by Crippen LogP contribution is 2.05. The topological polar surface area (TPSA) is 52.7 Å². The lowest BCUT2D eigenvalue weighted by Gasteiger charge is -2.34. The number of hydrogen-bond acceptors (Lipinski definition) is 2. The van der Waals surface area contributed by atoms with Crippen LogP contribution in [0.1, 0.15) is 18.1 Å². The monoisotopic (exact) mass is 275 g/mol. The lowest BCUT2D eigenvalue weighted by atomic mass is 10.1. The SMILES string of the molecule is CC(=O)N1CCN(C(=O)NCc2ccc(C)cc2)CC1. The molecule has 1 aromatic rings. The molecule has 108 valence electrons. The molecule has 20 heavy (non-hydrogen) atoms. The molecule has 1 heterocycles. The third kappa shape index (κ3) is 3.73. The van der Waals surface area contributed by atoms with E-state index in [2.05, 4.69) is 5.32 Å². The van der Waals surface area contributed by atoms with Crippen molar-refractivity contribution in [3.8, 4) is 0 Å². The van der Waals surface area contributed by atoms with Gasteiger partial charge in [0.25, 0.3) is 0 Å². The molecule has 1 saturated heterocycles. The van der Waals surface area contributed by atoms with Crippen LogP contribution in [0, 0.1) is 6.92 Å². The number of rotatable bonds is 2. The smallest absolute Gasteiger partial charge is 0.317 e. The van der Waals surface area contributed by atoms with Crippen molar-refractivity contribution in [2.45, 2.75) is 20.4 Å². The van der Waals surface area contributed by atoms with Crippen molar-refractivity contribution in [3.05, 3.63) is 35.4 Å². The van der Waals surface area contributed by atoms with Crippen LogP contribution in [0.4, 0.5) is 4.79 Å². The van der Waals surface area contributed by atoms with Crippen molar-refractivity contribution in [3.63, 3.8) is 0 Å². The van der Waals surface area contributed by atoms with E-state index in [0.29, 0.717) is 32.7 Å². The van der Waals surface area contributed by atoms with Gasteiger partial charge in [0.1, 0.15) is 0 Å². The summed E-state index contributed by atoms with van der Waals surface area (Å²) in [5.74, 6) is 0.0738. The Labute approximate surface area is 119 Å².